The molecule has 0 spiro atoms. The molecule has 0 aliphatic heterocycles. The largest absolute Gasteiger partial charge is 0.496 e. The van der Waals surface area contributed by atoms with E-state index in [0.717, 1.165) is 5.56 Å². The molecule has 0 bridgehead atoms. The number of rotatable bonds is 3. The Labute approximate surface area is 128 Å². The summed E-state index contributed by atoms with van der Waals surface area (Å²) in [7, 11) is 1.48. The maximum absolute atomic E-state index is 12.8. The van der Waals surface area contributed by atoms with E-state index in [1.54, 1.807) is 18.2 Å². The van der Waals surface area contributed by atoms with Gasteiger partial charge < -0.3 is 10.5 Å². The molecule has 2 aromatic rings. The van der Waals surface area contributed by atoms with Gasteiger partial charge in [0.15, 0.2) is 5.78 Å². The van der Waals surface area contributed by atoms with Crippen molar-refractivity contribution >= 4 is 11.6 Å². The lowest BCUT2D eigenvalue weighted by molar-refractivity contribution is 0.0969. The maximum atomic E-state index is 12.8. The van der Waals surface area contributed by atoms with Gasteiger partial charge in [-0.2, -0.15) is 0 Å². The summed E-state index contributed by atoms with van der Waals surface area (Å²) in [6.07, 6.45) is 0.328. The highest BCUT2D eigenvalue weighted by atomic mass is 16.5. The molecule has 4 heteroatoms. The number of nitrogens with two attached hydrogens (primary N) is 1. The molecule has 2 aromatic carbocycles. The third-order valence-corrected chi connectivity index (χ3v) is 3.79. The number of carbonyl (C=O) groups excluding carboxylic acids is 2. The Hall–Kier alpha value is -2.88. The van der Waals surface area contributed by atoms with Crippen LogP contribution >= 0.6 is 0 Å². The van der Waals surface area contributed by atoms with E-state index in [-0.39, 0.29) is 17.3 Å². The summed E-state index contributed by atoms with van der Waals surface area (Å²) < 4.78 is 5.23. The lowest BCUT2D eigenvalue weighted by atomic mass is 9.84. The van der Waals surface area contributed by atoms with Crippen molar-refractivity contribution in [3.8, 4) is 5.75 Å². The van der Waals surface area contributed by atoms with Crippen molar-refractivity contribution < 1.29 is 14.3 Å². The van der Waals surface area contributed by atoms with E-state index in [2.05, 4.69) is 0 Å². The number of fused-ring (bicyclic) bond motifs is 1. The van der Waals surface area contributed by atoms with Gasteiger partial charge in [-0.25, -0.2) is 0 Å². The minimum absolute atomic E-state index is 0.0228. The number of allylic oxidation sites excluding steroid dienone is 2. The van der Waals surface area contributed by atoms with E-state index in [1.165, 1.54) is 7.11 Å². The number of ether oxygens (including phenoxy) is 1. The molecule has 1 aliphatic carbocycles. The monoisotopic (exact) mass is 293 g/mol. The van der Waals surface area contributed by atoms with Gasteiger partial charge in [0, 0.05) is 17.6 Å². The van der Waals surface area contributed by atoms with E-state index in [1.807, 2.05) is 30.3 Å². The molecule has 1 aliphatic rings. The number of ketones is 2. The van der Waals surface area contributed by atoms with Crippen LogP contribution in [-0.2, 0) is 6.42 Å². The van der Waals surface area contributed by atoms with Gasteiger partial charge in [-0.05, 0) is 17.7 Å². The van der Waals surface area contributed by atoms with Gasteiger partial charge in [-0.3, -0.25) is 9.59 Å². The molecule has 2 N–H and O–H groups in total. The molecule has 0 heterocycles. The predicted octanol–water partition coefficient (Wildman–Crippen LogP) is 2.53. The number of Topliss-reactive ketones (excluding diaryl/α,β-unsaturated/α-hetero) is 2. The number of carbonyl (C=O) groups is 2. The molecule has 0 unspecified atom stereocenters. The molecule has 0 atom stereocenters. The molecule has 0 saturated heterocycles. The van der Waals surface area contributed by atoms with Gasteiger partial charge in [0.2, 0.25) is 5.78 Å². The highest BCUT2D eigenvalue weighted by Gasteiger charge is 2.33. The number of methoxy groups -OCH3 is 1. The molecule has 110 valence electrons. The molecule has 0 radical (unpaired) electrons. The van der Waals surface area contributed by atoms with Gasteiger partial charge in [0.25, 0.3) is 0 Å². The third-order valence-electron chi connectivity index (χ3n) is 3.79. The SMILES string of the molecule is COc1cccc2c1C(=O)C(Cc1ccccc1)=C(N)C2=O. The van der Waals surface area contributed by atoms with Crippen LogP contribution in [0.2, 0.25) is 0 Å². The summed E-state index contributed by atoms with van der Waals surface area (Å²) in [5.74, 6) is -0.165. The summed E-state index contributed by atoms with van der Waals surface area (Å²) in [5.41, 5.74) is 7.82. The fourth-order valence-corrected chi connectivity index (χ4v) is 2.66. The van der Waals surface area contributed by atoms with Gasteiger partial charge in [0.05, 0.1) is 18.4 Å². The van der Waals surface area contributed by atoms with Crippen LogP contribution in [-0.4, -0.2) is 18.7 Å². The third kappa shape index (κ3) is 2.19. The highest BCUT2D eigenvalue weighted by Crippen LogP contribution is 2.32. The lowest BCUT2D eigenvalue weighted by Crippen LogP contribution is -2.28. The van der Waals surface area contributed by atoms with E-state index >= 15 is 0 Å². The number of benzene rings is 2. The molecule has 0 aromatic heterocycles. The fourth-order valence-electron chi connectivity index (χ4n) is 2.66. The van der Waals surface area contributed by atoms with Crippen LogP contribution in [0.4, 0.5) is 0 Å². The Bertz CT molecular complexity index is 791. The van der Waals surface area contributed by atoms with Crippen LogP contribution < -0.4 is 10.5 Å². The normalized spacial score (nSPS) is 14.0. The molecular weight excluding hydrogens is 278 g/mol. The summed E-state index contributed by atoms with van der Waals surface area (Å²) >= 11 is 0. The van der Waals surface area contributed by atoms with Gasteiger partial charge in [-0.1, -0.05) is 36.4 Å². The number of hydrogen-bond acceptors (Lipinski definition) is 4. The first-order chi connectivity index (χ1) is 10.6. The van der Waals surface area contributed by atoms with Crippen molar-refractivity contribution in [3.63, 3.8) is 0 Å². The minimum Gasteiger partial charge on any atom is -0.496 e. The van der Waals surface area contributed by atoms with Crippen molar-refractivity contribution in [1.29, 1.82) is 0 Å². The van der Waals surface area contributed by atoms with E-state index in [9.17, 15) is 9.59 Å². The van der Waals surface area contributed by atoms with Crippen molar-refractivity contribution in [2.75, 3.05) is 7.11 Å². The maximum Gasteiger partial charge on any atom is 0.209 e. The second kappa shape index (κ2) is 5.48. The predicted molar refractivity (Wildman–Crippen MR) is 83.0 cm³/mol. The molecule has 3 rings (SSSR count). The van der Waals surface area contributed by atoms with Gasteiger partial charge >= 0.3 is 0 Å². The standard InChI is InChI=1S/C18H15NO3/c1-22-14-9-5-8-12-15(14)17(20)13(16(19)18(12)21)10-11-6-3-2-4-7-11/h2-9H,10,19H2,1H3. The molecule has 0 saturated carbocycles. The average Bonchev–Trinajstić information content (AvgIpc) is 2.57. The Morgan fingerprint density at radius 3 is 2.36 bits per heavy atom. The summed E-state index contributed by atoms with van der Waals surface area (Å²) in [6.45, 7) is 0. The van der Waals surface area contributed by atoms with E-state index in [0.29, 0.717) is 28.9 Å². The van der Waals surface area contributed by atoms with Crippen molar-refractivity contribution in [3.05, 3.63) is 76.5 Å². The first-order valence-electron chi connectivity index (χ1n) is 6.92. The second-order valence-electron chi connectivity index (χ2n) is 5.10. The van der Waals surface area contributed by atoms with Crippen LogP contribution in [0.3, 0.4) is 0 Å². The molecule has 0 fully saturated rings. The Kier molecular flexibility index (Phi) is 3.51. The smallest absolute Gasteiger partial charge is 0.209 e. The van der Waals surface area contributed by atoms with Crippen molar-refractivity contribution in [1.82, 2.24) is 0 Å². The van der Waals surface area contributed by atoms with Crippen LogP contribution in [0.5, 0.6) is 5.75 Å². The Balaban J connectivity index is 2.10. The van der Waals surface area contributed by atoms with E-state index < -0.39 is 0 Å². The fraction of sp³-hybridized carbons (Fsp3) is 0.111. The van der Waals surface area contributed by atoms with Gasteiger partial charge in [-0.15, -0.1) is 0 Å². The minimum atomic E-state index is -0.320. The zero-order chi connectivity index (χ0) is 15.7. The quantitative estimate of drug-likeness (QED) is 0.944. The molecule has 0 amide bonds. The summed E-state index contributed by atoms with van der Waals surface area (Å²) in [4.78, 5) is 25.2. The van der Waals surface area contributed by atoms with Crippen LogP contribution in [0.1, 0.15) is 26.3 Å². The highest BCUT2D eigenvalue weighted by molar-refractivity contribution is 6.27. The van der Waals surface area contributed by atoms with Gasteiger partial charge in [0.1, 0.15) is 5.75 Å². The summed E-state index contributed by atoms with van der Waals surface area (Å²) in [5, 5.41) is 0. The molecule has 4 nitrogen and oxygen atoms in total. The average molecular weight is 293 g/mol. The summed E-state index contributed by atoms with van der Waals surface area (Å²) in [6, 6.07) is 14.4. The zero-order valence-corrected chi connectivity index (χ0v) is 12.1. The van der Waals surface area contributed by atoms with Crippen LogP contribution in [0, 0.1) is 0 Å². The first-order valence-corrected chi connectivity index (χ1v) is 6.92. The van der Waals surface area contributed by atoms with Crippen molar-refractivity contribution in [2.45, 2.75) is 6.42 Å². The van der Waals surface area contributed by atoms with Crippen LogP contribution in [0.25, 0.3) is 0 Å². The lowest BCUT2D eigenvalue weighted by Gasteiger charge is -2.20. The van der Waals surface area contributed by atoms with E-state index in [4.69, 9.17) is 10.5 Å². The van der Waals surface area contributed by atoms with Crippen LogP contribution in [0.15, 0.2) is 59.8 Å². The number of hydrogen-bond donors (Lipinski definition) is 1. The zero-order valence-electron chi connectivity index (χ0n) is 12.1. The Morgan fingerprint density at radius 2 is 1.68 bits per heavy atom. The molecule has 22 heavy (non-hydrogen) atoms. The second-order valence-corrected chi connectivity index (χ2v) is 5.10. The van der Waals surface area contributed by atoms with Crippen molar-refractivity contribution in [2.24, 2.45) is 5.73 Å². The Morgan fingerprint density at radius 1 is 0.955 bits per heavy atom. The topological polar surface area (TPSA) is 69.4 Å². The molecular formula is C18H15NO3. The first kappa shape index (κ1) is 14.1.